The minimum absolute atomic E-state index is 0.0911. The molecule has 0 spiro atoms. The van der Waals surface area contributed by atoms with Crippen LogP contribution in [0.3, 0.4) is 0 Å². The summed E-state index contributed by atoms with van der Waals surface area (Å²) in [4.78, 5) is 14.6. The van der Waals surface area contributed by atoms with Crippen molar-refractivity contribution in [3.8, 4) is 5.75 Å². The molecule has 4 heteroatoms. The molecule has 4 nitrogen and oxygen atoms in total. The van der Waals surface area contributed by atoms with E-state index in [1.807, 2.05) is 0 Å². The third-order valence-corrected chi connectivity index (χ3v) is 3.95. The van der Waals surface area contributed by atoms with Crippen LogP contribution in [-0.4, -0.2) is 41.6 Å². The molecule has 0 radical (unpaired) electrons. The Balaban J connectivity index is 1.91. The minimum Gasteiger partial charge on any atom is -0.507 e. The Morgan fingerprint density at radius 2 is 2.10 bits per heavy atom. The number of aromatic hydroxyl groups is 1. The first kappa shape index (κ1) is 14.9. The van der Waals surface area contributed by atoms with E-state index in [1.54, 1.807) is 25.1 Å². The number of carbonyl (C=O) groups excluding carboxylic acids is 1. The number of amides is 1. The van der Waals surface area contributed by atoms with E-state index in [2.05, 4.69) is 17.1 Å². The van der Waals surface area contributed by atoms with E-state index >= 15 is 0 Å². The SMILES string of the molecule is CCCN1CCC(NC(=O)c2cccc(C)c2O)CC1. The normalized spacial score (nSPS) is 17.1. The number of carbonyl (C=O) groups is 1. The summed E-state index contributed by atoms with van der Waals surface area (Å²) in [5.41, 5.74) is 1.11. The molecular weight excluding hydrogens is 252 g/mol. The molecule has 1 fully saturated rings. The van der Waals surface area contributed by atoms with Gasteiger partial charge in [-0.25, -0.2) is 0 Å². The number of rotatable bonds is 4. The van der Waals surface area contributed by atoms with E-state index in [0.29, 0.717) is 5.56 Å². The van der Waals surface area contributed by atoms with E-state index in [0.717, 1.165) is 38.0 Å². The topological polar surface area (TPSA) is 52.6 Å². The minimum atomic E-state index is -0.167. The van der Waals surface area contributed by atoms with E-state index in [4.69, 9.17) is 0 Å². The smallest absolute Gasteiger partial charge is 0.255 e. The van der Waals surface area contributed by atoms with Crippen LogP contribution in [-0.2, 0) is 0 Å². The number of hydrogen-bond acceptors (Lipinski definition) is 3. The molecule has 0 unspecified atom stereocenters. The van der Waals surface area contributed by atoms with Gasteiger partial charge in [0, 0.05) is 19.1 Å². The number of piperidine rings is 1. The summed E-state index contributed by atoms with van der Waals surface area (Å²) >= 11 is 0. The molecule has 1 aliphatic heterocycles. The second-order valence-corrected chi connectivity index (χ2v) is 5.56. The summed E-state index contributed by atoms with van der Waals surface area (Å²) in [6, 6.07) is 5.49. The van der Waals surface area contributed by atoms with Crippen LogP contribution in [0.5, 0.6) is 5.75 Å². The van der Waals surface area contributed by atoms with Crippen molar-refractivity contribution in [3.63, 3.8) is 0 Å². The van der Waals surface area contributed by atoms with Gasteiger partial charge in [0.1, 0.15) is 5.75 Å². The van der Waals surface area contributed by atoms with Crippen molar-refractivity contribution < 1.29 is 9.90 Å². The van der Waals surface area contributed by atoms with Gasteiger partial charge >= 0.3 is 0 Å². The molecule has 0 aromatic heterocycles. The Hall–Kier alpha value is -1.55. The number of benzene rings is 1. The molecule has 1 aromatic rings. The molecule has 1 aromatic carbocycles. The van der Waals surface area contributed by atoms with E-state index in [-0.39, 0.29) is 17.7 Å². The first-order chi connectivity index (χ1) is 9.61. The number of hydrogen-bond donors (Lipinski definition) is 2. The maximum absolute atomic E-state index is 12.2. The molecular formula is C16H24N2O2. The van der Waals surface area contributed by atoms with E-state index in [1.165, 1.54) is 6.42 Å². The van der Waals surface area contributed by atoms with Gasteiger partial charge < -0.3 is 15.3 Å². The van der Waals surface area contributed by atoms with Gasteiger partial charge in [-0.3, -0.25) is 4.79 Å². The van der Waals surface area contributed by atoms with Crippen molar-refractivity contribution in [1.29, 1.82) is 0 Å². The third kappa shape index (κ3) is 3.51. The highest BCUT2D eigenvalue weighted by molar-refractivity contribution is 5.97. The molecule has 0 atom stereocenters. The average molecular weight is 276 g/mol. The van der Waals surface area contributed by atoms with Crippen LogP contribution in [0.25, 0.3) is 0 Å². The first-order valence-corrected chi connectivity index (χ1v) is 7.43. The maximum atomic E-state index is 12.2. The summed E-state index contributed by atoms with van der Waals surface area (Å²) < 4.78 is 0. The van der Waals surface area contributed by atoms with Crippen molar-refractivity contribution in [1.82, 2.24) is 10.2 Å². The molecule has 0 aliphatic carbocycles. The summed E-state index contributed by atoms with van der Waals surface area (Å²) in [5, 5.41) is 13.0. The van der Waals surface area contributed by atoms with Crippen molar-refractivity contribution in [2.45, 2.75) is 39.2 Å². The van der Waals surface area contributed by atoms with Crippen molar-refractivity contribution in [3.05, 3.63) is 29.3 Å². The van der Waals surface area contributed by atoms with Gasteiger partial charge in [-0.2, -0.15) is 0 Å². The van der Waals surface area contributed by atoms with Gasteiger partial charge in [0.2, 0.25) is 0 Å². The molecule has 1 amide bonds. The zero-order chi connectivity index (χ0) is 14.5. The van der Waals surface area contributed by atoms with Gasteiger partial charge in [-0.1, -0.05) is 19.1 Å². The lowest BCUT2D eigenvalue weighted by Crippen LogP contribution is -2.44. The van der Waals surface area contributed by atoms with Gasteiger partial charge in [0.05, 0.1) is 5.56 Å². The zero-order valence-corrected chi connectivity index (χ0v) is 12.4. The van der Waals surface area contributed by atoms with E-state index < -0.39 is 0 Å². The largest absolute Gasteiger partial charge is 0.507 e. The van der Waals surface area contributed by atoms with Crippen LogP contribution in [0.4, 0.5) is 0 Å². The highest BCUT2D eigenvalue weighted by Gasteiger charge is 2.21. The van der Waals surface area contributed by atoms with E-state index in [9.17, 15) is 9.90 Å². The number of phenols is 1. The fourth-order valence-corrected chi connectivity index (χ4v) is 2.72. The van der Waals surface area contributed by atoms with Gasteiger partial charge in [0.25, 0.3) is 5.91 Å². The number of likely N-dealkylation sites (tertiary alicyclic amines) is 1. The van der Waals surface area contributed by atoms with Crippen molar-refractivity contribution >= 4 is 5.91 Å². The number of aryl methyl sites for hydroxylation is 1. The summed E-state index contributed by atoms with van der Waals surface area (Å²) in [6.07, 6.45) is 3.14. The van der Waals surface area contributed by atoms with Crippen molar-refractivity contribution in [2.24, 2.45) is 0 Å². The highest BCUT2D eigenvalue weighted by Crippen LogP contribution is 2.21. The molecule has 1 saturated heterocycles. The molecule has 110 valence electrons. The van der Waals surface area contributed by atoms with Crippen LogP contribution in [0.15, 0.2) is 18.2 Å². The number of nitrogens with zero attached hydrogens (tertiary/aromatic N) is 1. The lowest BCUT2D eigenvalue weighted by atomic mass is 10.0. The monoisotopic (exact) mass is 276 g/mol. The van der Waals surface area contributed by atoms with Crippen molar-refractivity contribution in [2.75, 3.05) is 19.6 Å². The average Bonchev–Trinajstić information content (AvgIpc) is 2.44. The molecule has 2 N–H and O–H groups in total. The third-order valence-electron chi connectivity index (χ3n) is 3.95. The number of phenolic OH excluding ortho intramolecular Hbond substituents is 1. The Morgan fingerprint density at radius 1 is 1.40 bits per heavy atom. The Kier molecular flexibility index (Phi) is 5.01. The van der Waals surface area contributed by atoms with Gasteiger partial charge in [-0.15, -0.1) is 0 Å². The Morgan fingerprint density at radius 3 is 2.75 bits per heavy atom. The fraction of sp³-hybridized carbons (Fsp3) is 0.562. The first-order valence-electron chi connectivity index (χ1n) is 7.43. The number of nitrogens with one attached hydrogen (secondary N) is 1. The second kappa shape index (κ2) is 6.75. The summed E-state index contributed by atoms with van der Waals surface area (Å²) in [5.74, 6) is -0.0754. The molecule has 0 saturated carbocycles. The van der Waals surface area contributed by atoms with Crippen LogP contribution in [0, 0.1) is 6.92 Å². The van der Waals surface area contributed by atoms with Crippen LogP contribution in [0.2, 0.25) is 0 Å². The van der Waals surface area contributed by atoms with Gasteiger partial charge in [0.15, 0.2) is 0 Å². The maximum Gasteiger partial charge on any atom is 0.255 e. The quantitative estimate of drug-likeness (QED) is 0.887. The molecule has 1 heterocycles. The molecule has 1 aliphatic rings. The Bertz CT molecular complexity index is 466. The second-order valence-electron chi connectivity index (χ2n) is 5.56. The summed E-state index contributed by atoms with van der Waals surface area (Å²) in [7, 11) is 0. The molecule has 20 heavy (non-hydrogen) atoms. The lowest BCUT2D eigenvalue weighted by Gasteiger charge is -2.32. The summed E-state index contributed by atoms with van der Waals surface area (Å²) in [6.45, 7) is 7.21. The molecule has 2 rings (SSSR count). The van der Waals surface area contributed by atoms with Crippen LogP contribution >= 0.6 is 0 Å². The van der Waals surface area contributed by atoms with Crippen LogP contribution in [0.1, 0.15) is 42.1 Å². The zero-order valence-electron chi connectivity index (χ0n) is 12.4. The molecule has 0 bridgehead atoms. The number of para-hydroxylation sites is 1. The van der Waals surface area contributed by atoms with Crippen LogP contribution < -0.4 is 5.32 Å². The Labute approximate surface area is 120 Å². The predicted molar refractivity (Wildman–Crippen MR) is 80.1 cm³/mol. The predicted octanol–water partition coefficient (Wildman–Crippen LogP) is 2.30. The lowest BCUT2D eigenvalue weighted by molar-refractivity contribution is 0.0908. The highest BCUT2D eigenvalue weighted by atomic mass is 16.3. The standard InChI is InChI=1S/C16H24N2O2/c1-3-9-18-10-7-13(8-11-18)17-16(20)14-6-4-5-12(2)15(14)19/h4-6,13,19H,3,7-11H2,1-2H3,(H,17,20). The fourth-order valence-electron chi connectivity index (χ4n) is 2.72. The van der Waals surface area contributed by atoms with Gasteiger partial charge in [-0.05, 0) is 44.4 Å².